The Bertz CT molecular complexity index is 572. The van der Waals surface area contributed by atoms with Crippen molar-refractivity contribution in [3.05, 3.63) is 23.3 Å². The molecule has 7 heteroatoms. The van der Waals surface area contributed by atoms with Crippen LogP contribution in [0.5, 0.6) is 0 Å². The predicted octanol–water partition coefficient (Wildman–Crippen LogP) is 2.22. The van der Waals surface area contributed by atoms with Crippen LogP contribution in [0.1, 0.15) is 24.1 Å². The van der Waals surface area contributed by atoms with Crippen molar-refractivity contribution in [2.45, 2.75) is 29.8 Å². The average molecular weight is 263 g/mol. The molecule has 2 heterocycles. The van der Waals surface area contributed by atoms with E-state index in [2.05, 4.69) is 19.3 Å². The molecule has 0 bridgehead atoms. The molecule has 0 amide bonds. The molecule has 0 unspecified atom stereocenters. The highest BCUT2D eigenvalue weighted by Gasteiger charge is 2.08. The number of aromatic nitrogens is 4. The number of hydrogen-bond acceptors (Lipinski definition) is 7. The van der Waals surface area contributed by atoms with E-state index < -0.39 is 0 Å². The third-order valence-corrected chi connectivity index (χ3v) is 3.55. The van der Waals surface area contributed by atoms with E-state index in [-0.39, 0.29) is 0 Å². The fourth-order valence-corrected chi connectivity index (χ4v) is 2.77. The largest absolute Gasteiger partial charge is 0.227 e. The second-order valence-electron chi connectivity index (χ2n) is 3.22. The van der Waals surface area contributed by atoms with Gasteiger partial charge in [0.1, 0.15) is 17.6 Å². The second kappa shape index (κ2) is 5.21. The molecular weight excluding hydrogens is 254 g/mol. The molecule has 0 radical (unpaired) electrons. The first-order chi connectivity index (χ1) is 8.21. The lowest BCUT2D eigenvalue weighted by molar-refractivity contribution is 0.915. The lowest BCUT2D eigenvalue weighted by atomic mass is 10.4. The number of nitrogens with zero attached hydrogens (tertiary/aromatic N) is 5. The summed E-state index contributed by atoms with van der Waals surface area (Å²) in [6.07, 6.45) is 0.815. The van der Waals surface area contributed by atoms with Crippen LogP contribution in [-0.4, -0.2) is 19.3 Å². The summed E-state index contributed by atoms with van der Waals surface area (Å²) in [5, 5.41) is 9.36. The van der Waals surface area contributed by atoms with Gasteiger partial charge in [-0.2, -0.15) is 9.64 Å². The van der Waals surface area contributed by atoms with E-state index in [4.69, 9.17) is 5.26 Å². The van der Waals surface area contributed by atoms with Crippen LogP contribution in [0.15, 0.2) is 15.6 Å². The standard InChI is InChI=1S/C10H9N5S2/c1-3-8-14-10(17-15-8)16-9-12-6(2)4-7(5-11)13-9/h4H,3H2,1-2H3. The summed E-state index contributed by atoms with van der Waals surface area (Å²) in [6.45, 7) is 3.84. The van der Waals surface area contributed by atoms with Crippen LogP contribution in [0.2, 0.25) is 0 Å². The van der Waals surface area contributed by atoms with E-state index in [9.17, 15) is 0 Å². The van der Waals surface area contributed by atoms with Gasteiger partial charge < -0.3 is 0 Å². The van der Waals surface area contributed by atoms with Gasteiger partial charge >= 0.3 is 0 Å². The molecule has 0 saturated heterocycles. The minimum Gasteiger partial charge on any atom is -0.227 e. The van der Waals surface area contributed by atoms with Gasteiger partial charge in [0, 0.05) is 12.1 Å². The van der Waals surface area contributed by atoms with Crippen LogP contribution in [-0.2, 0) is 6.42 Å². The minimum atomic E-state index is 0.375. The Morgan fingerprint density at radius 3 is 2.88 bits per heavy atom. The van der Waals surface area contributed by atoms with Crippen molar-refractivity contribution in [2.24, 2.45) is 0 Å². The Balaban J connectivity index is 2.24. The van der Waals surface area contributed by atoms with E-state index in [0.29, 0.717) is 10.9 Å². The summed E-state index contributed by atoms with van der Waals surface area (Å²) in [5.41, 5.74) is 1.15. The maximum absolute atomic E-state index is 8.82. The lowest BCUT2D eigenvalue weighted by Crippen LogP contribution is -1.93. The van der Waals surface area contributed by atoms with Crippen molar-refractivity contribution in [3.63, 3.8) is 0 Å². The second-order valence-corrected chi connectivity index (χ2v) is 5.19. The molecule has 0 saturated carbocycles. The maximum atomic E-state index is 8.82. The molecule has 5 nitrogen and oxygen atoms in total. The van der Waals surface area contributed by atoms with Gasteiger partial charge in [0.25, 0.3) is 0 Å². The van der Waals surface area contributed by atoms with Crippen molar-refractivity contribution < 1.29 is 0 Å². The molecule has 0 atom stereocenters. The molecule has 17 heavy (non-hydrogen) atoms. The topological polar surface area (TPSA) is 75.3 Å². The molecule has 2 aromatic rings. The van der Waals surface area contributed by atoms with Crippen molar-refractivity contribution in [1.82, 2.24) is 19.3 Å². The van der Waals surface area contributed by atoms with E-state index in [0.717, 1.165) is 22.3 Å². The van der Waals surface area contributed by atoms with E-state index >= 15 is 0 Å². The maximum Gasteiger partial charge on any atom is 0.196 e. The number of nitriles is 1. The molecule has 0 spiro atoms. The molecule has 0 aliphatic rings. The summed E-state index contributed by atoms with van der Waals surface area (Å²) < 4.78 is 4.99. The van der Waals surface area contributed by atoms with Gasteiger partial charge in [0.05, 0.1) is 0 Å². The van der Waals surface area contributed by atoms with Crippen LogP contribution in [0.3, 0.4) is 0 Å². The van der Waals surface area contributed by atoms with Gasteiger partial charge in [-0.3, -0.25) is 0 Å². The highest BCUT2D eigenvalue weighted by Crippen LogP contribution is 2.26. The third kappa shape index (κ3) is 2.99. The molecule has 0 fully saturated rings. The monoisotopic (exact) mass is 263 g/mol. The Hall–Kier alpha value is -1.52. The molecule has 2 aromatic heterocycles. The van der Waals surface area contributed by atoms with E-state index in [1.54, 1.807) is 6.07 Å². The van der Waals surface area contributed by atoms with E-state index in [1.165, 1.54) is 23.3 Å². The molecule has 0 aliphatic heterocycles. The van der Waals surface area contributed by atoms with Crippen molar-refractivity contribution in [1.29, 1.82) is 5.26 Å². The first-order valence-electron chi connectivity index (χ1n) is 4.97. The van der Waals surface area contributed by atoms with Gasteiger partial charge in [0.15, 0.2) is 9.50 Å². The average Bonchev–Trinajstić information content (AvgIpc) is 2.76. The van der Waals surface area contributed by atoms with Crippen LogP contribution >= 0.6 is 23.3 Å². The van der Waals surface area contributed by atoms with Gasteiger partial charge in [-0.1, -0.05) is 6.92 Å². The van der Waals surface area contributed by atoms with E-state index in [1.807, 2.05) is 19.9 Å². The summed E-state index contributed by atoms with van der Waals surface area (Å²) in [6, 6.07) is 3.67. The smallest absolute Gasteiger partial charge is 0.196 e. The molecule has 2 rings (SSSR count). The predicted molar refractivity (Wildman–Crippen MR) is 64.9 cm³/mol. The zero-order chi connectivity index (χ0) is 12.3. The van der Waals surface area contributed by atoms with Crippen LogP contribution < -0.4 is 0 Å². The zero-order valence-electron chi connectivity index (χ0n) is 9.34. The SMILES string of the molecule is CCc1nsc(Sc2nc(C)cc(C#N)n2)n1. The number of aryl methyl sites for hydroxylation is 2. The molecule has 0 aromatic carbocycles. The summed E-state index contributed by atoms with van der Waals surface area (Å²) in [7, 11) is 0. The molecule has 86 valence electrons. The number of hydrogen-bond donors (Lipinski definition) is 0. The van der Waals surface area contributed by atoms with Gasteiger partial charge in [-0.05, 0) is 36.3 Å². The highest BCUT2D eigenvalue weighted by molar-refractivity contribution is 8.00. The van der Waals surface area contributed by atoms with Crippen molar-refractivity contribution in [3.8, 4) is 6.07 Å². The zero-order valence-corrected chi connectivity index (χ0v) is 11.0. The molecular formula is C10H9N5S2. The van der Waals surface area contributed by atoms with Gasteiger partial charge in [0.2, 0.25) is 0 Å². The lowest BCUT2D eigenvalue weighted by Gasteiger charge is -1.98. The Morgan fingerprint density at radius 2 is 2.24 bits per heavy atom. The first-order valence-corrected chi connectivity index (χ1v) is 6.56. The van der Waals surface area contributed by atoms with Crippen LogP contribution in [0, 0.1) is 18.3 Å². The normalized spacial score (nSPS) is 10.2. The minimum absolute atomic E-state index is 0.375. The summed E-state index contributed by atoms with van der Waals surface area (Å²) >= 11 is 2.67. The van der Waals surface area contributed by atoms with Crippen LogP contribution in [0.25, 0.3) is 0 Å². The first kappa shape index (κ1) is 12.0. The highest BCUT2D eigenvalue weighted by atomic mass is 32.2. The van der Waals surface area contributed by atoms with Crippen molar-refractivity contribution >= 4 is 23.3 Å². The van der Waals surface area contributed by atoms with Crippen molar-refractivity contribution in [2.75, 3.05) is 0 Å². The Kier molecular flexibility index (Phi) is 3.66. The Labute approximate surface area is 107 Å². The van der Waals surface area contributed by atoms with Gasteiger partial charge in [-0.25, -0.2) is 15.0 Å². The van der Waals surface area contributed by atoms with Gasteiger partial charge in [-0.15, -0.1) is 0 Å². The summed E-state index contributed by atoms with van der Waals surface area (Å²) in [5.74, 6) is 0.825. The number of rotatable bonds is 3. The molecule has 0 N–H and O–H groups in total. The van der Waals surface area contributed by atoms with Crippen LogP contribution in [0.4, 0.5) is 0 Å². The fraction of sp³-hybridized carbons (Fsp3) is 0.300. The quantitative estimate of drug-likeness (QED) is 0.790. The fourth-order valence-electron chi connectivity index (χ4n) is 1.15. The molecule has 0 aliphatic carbocycles. The Morgan fingerprint density at radius 1 is 1.41 bits per heavy atom. The summed E-state index contributed by atoms with van der Waals surface area (Å²) in [4.78, 5) is 12.7. The third-order valence-electron chi connectivity index (χ3n) is 1.89.